The topological polar surface area (TPSA) is 46.3 Å². The first-order chi connectivity index (χ1) is 9.63. The van der Waals surface area contributed by atoms with Crippen LogP contribution in [-0.4, -0.2) is 25.1 Å². The van der Waals surface area contributed by atoms with Crippen molar-refractivity contribution in [3.8, 4) is 0 Å². The van der Waals surface area contributed by atoms with E-state index >= 15 is 0 Å². The number of Topliss-reactive ketones (excluding diaryl/α,β-unsaturated/α-hetero) is 1. The van der Waals surface area contributed by atoms with E-state index in [9.17, 15) is 4.79 Å². The van der Waals surface area contributed by atoms with E-state index in [0.29, 0.717) is 5.69 Å². The Balaban J connectivity index is 2.30. The molecule has 0 radical (unpaired) electrons. The van der Waals surface area contributed by atoms with Gasteiger partial charge in [-0.1, -0.05) is 13.3 Å². The summed E-state index contributed by atoms with van der Waals surface area (Å²) in [5.41, 5.74) is 6.96. The van der Waals surface area contributed by atoms with Crippen LogP contribution in [0.3, 0.4) is 0 Å². The summed E-state index contributed by atoms with van der Waals surface area (Å²) in [6, 6.07) is 0. The molecule has 1 aromatic rings. The van der Waals surface area contributed by atoms with E-state index in [2.05, 4.69) is 18.7 Å². The predicted molar refractivity (Wildman–Crippen MR) is 90.4 cm³/mol. The van der Waals surface area contributed by atoms with Gasteiger partial charge in [0, 0.05) is 19.0 Å². The normalized spacial score (nSPS) is 14.6. The van der Waals surface area contributed by atoms with Gasteiger partial charge in [0.25, 0.3) is 0 Å². The van der Waals surface area contributed by atoms with Crippen LogP contribution >= 0.6 is 23.1 Å². The van der Waals surface area contributed by atoms with E-state index in [4.69, 9.17) is 5.73 Å². The molecule has 1 saturated carbocycles. The number of unbranched alkanes of at least 4 members (excludes halogenated alkanes) is 1. The van der Waals surface area contributed by atoms with E-state index in [1.165, 1.54) is 17.8 Å². The molecule has 1 aliphatic carbocycles. The minimum absolute atomic E-state index is 0.240. The molecule has 2 rings (SSSR count). The largest absolute Gasteiger partial charge is 0.396 e. The lowest BCUT2D eigenvalue weighted by molar-refractivity contribution is 0.0972. The summed E-state index contributed by atoms with van der Waals surface area (Å²) in [6.07, 6.45) is 6.47. The number of thioether (sulfide) groups is 1. The molecule has 0 aliphatic heterocycles. The Bertz CT molecular complexity index is 480. The van der Waals surface area contributed by atoms with Crippen molar-refractivity contribution in [1.29, 1.82) is 0 Å². The quantitative estimate of drug-likeness (QED) is 0.575. The number of rotatable bonds is 8. The van der Waals surface area contributed by atoms with Gasteiger partial charge in [0.15, 0.2) is 5.78 Å². The van der Waals surface area contributed by atoms with Gasteiger partial charge < -0.3 is 10.6 Å². The van der Waals surface area contributed by atoms with Crippen molar-refractivity contribution in [3.63, 3.8) is 0 Å². The minimum Gasteiger partial charge on any atom is -0.396 e. The lowest BCUT2D eigenvalue weighted by Gasteiger charge is -2.22. The lowest BCUT2D eigenvalue weighted by atomic mass is 10.2. The molecule has 5 heteroatoms. The molecule has 1 aromatic heterocycles. The van der Waals surface area contributed by atoms with Crippen molar-refractivity contribution in [3.05, 3.63) is 4.88 Å². The van der Waals surface area contributed by atoms with Crippen molar-refractivity contribution in [1.82, 2.24) is 0 Å². The molecule has 112 valence electrons. The van der Waals surface area contributed by atoms with Crippen LogP contribution in [0.1, 0.15) is 49.2 Å². The zero-order chi connectivity index (χ0) is 14.7. The molecule has 0 amide bonds. The molecule has 2 N–H and O–H groups in total. The molecule has 3 nitrogen and oxygen atoms in total. The maximum absolute atomic E-state index is 12.3. The molecule has 1 fully saturated rings. The third-order valence-electron chi connectivity index (χ3n) is 3.71. The zero-order valence-corrected chi connectivity index (χ0v) is 14.2. The van der Waals surface area contributed by atoms with E-state index in [1.54, 1.807) is 23.1 Å². The molecule has 0 aromatic carbocycles. The molecule has 0 spiro atoms. The SMILES string of the molecule is CCCCN(CC)c1sc(C(=O)C2CC2)c(N)c1SC. The van der Waals surface area contributed by atoms with Crippen LogP contribution in [-0.2, 0) is 0 Å². The summed E-state index contributed by atoms with van der Waals surface area (Å²) >= 11 is 3.26. The van der Waals surface area contributed by atoms with Gasteiger partial charge in [-0.3, -0.25) is 4.79 Å². The van der Waals surface area contributed by atoms with Crippen molar-refractivity contribution in [2.24, 2.45) is 5.92 Å². The van der Waals surface area contributed by atoms with E-state index in [-0.39, 0.29) is 11.7 Å². The number of hydrogen-bond acceptors (Lipinski definition) is 5. The van der Waals surface area contributed by atoms with Gasteiger partial charge in [0.1, 0.15) is 5.00 Å². The van der Waals surface area contributed by atoms with Crippen LogP contribution in [0.2, 0.25) is 0 Å². The average Bonchev–Trinajstić information content (AvgIpc) is 3.24. The monoisotopic (exact) mass is 312 g/mol. The summed E-state index contributed by atoms with van der Waals surface area (Å²) in [7, 11) is 0. The Morgan fingerprint density at radius 3 is 2.65 bits per heavy atom. The second-order valence-corrected chi connectivity index (χ2v) is 7.07. The molecular weight excluding hydrogens is 288 g/mol. The molecular formula is C15H24N2OS2. The molecule has 0 saturated heterocycles. The predicted octanol–water partition coefficient (Wildman–Crippen LogP) is 4.27. The first kappa shape index (κ1) is 15.7. The van der Waals surface area contributed by atoms with E-state index in [1.807, 2.05) is 6.26 Å². The van der Waals surface area contributed by atoms with Crippen LogP contribution < -0.4 is 10.6 Å². The third kappa shape index (κ3) is 3.14. The van der Waals surface area contributed by atoms with Crippen LogP contribution in [0.5, 0.6) is 0 Å². The molecule has 1 aliphatic rings. The zero-order valence-electron chi connectivity index (χ0n) is 12.6. The standard InChI is InChI=1S/C15H24N2OS2/c1-4-6-9-17(5-2)15-14(19-3)11(16)13(20-15)12(18)10-7-8-10/h10H,4-9,16H2,1-3H3. The Morgan fingerprint density at radius 1 is 1.45 bits per heavy atom. The third-order valence-corrected chi connectivity index (χ3v) is 5.94. The summed E-state index contributed by atoms with van der Waals surface area (Å²) in [5, 5.41) is 1.19. The summed E-state index contributed by atoms with van der Waals surface area (Å²) in [6.45, 7) is 6.37. The van der Waals surface area contributed by atoms with Crippen LogP contribution in [0.15, 0.2) is 4.90 Å². The highest BCUT2D eigenvalue weighted by Crippen LogP contribution is 2.46. The molecule has 1 heterocycles. The fraction of sp³-hybridized carbons (Fsp3) is 0.667. The number of nitrogens with two attached hydrogens (primary N) is 1. The van der Waals surface area contributed by atoms with Gasteiger partial charge in [-0.15, -0.1) is 23.1 Å². The summed E-state index contributed by atoms with van der Waals surface area (Å²) in [4.78, 5) is 16.6. The Kier molecular flexibility index (Phi) is 5.38. The number of anilines is 2. The number of thiophene rings is 1. The number of nitrogens with zero attached hydrogens (tertiary/aromatic N) is 1. The molecule has 0 unspecified atom stereocenters. The highest BCUT2D eigenvalue weighted by Gasteiger charge is 2.34. The van der Waals surface area contributed by atoms with Crippen molar-refractivity contribution in [2.45, 2.75) is 44.4 Å². The minimum atomic E-state index is 0.240. The first-order valence-corrected chi connectivity index (χ1v) is 9.43. The fourth-order valence-electron chi connectivity index (χ4n) is 2.29. The van der Waals surface area contributed by atoms with Gasteiger partial charge >= 0.3 is 0 Å². The van der Waals surface area contributed by atoms with E-state index < -0.39 is 0 Å². The number of hydrogen-bond donors (Lipinski definition) is 1. The fourth-order valence-corrected chi connectivity index (χ4v) is 4.58. The van der Waals surface area contributed by atoms with Gasteiger partial charge in [0.2, 0.25) is 0 Å². The highest BCUT2D eigenvalue weighted by molar-refractivity contribution is 7.99. The number of nitrogen functional groups attached to an aromatic ring is 1. The van der Waals surface area contributed by atoms with Gasteiger partial charge in [-0.05, 0) is 32.4 Å². The van der Waals surface area contributed by atoms with Gasteiger partial charge in [-0.25, -0.2) is 0 Å². The Labute approximate surface area is 129 Å². The summed E-state index contributed by atoms with van der Waals surface area (Å²) < 4.78 is 0. The second-order valence-electron chi connectivity index (χ2n) is 5.26. The summed E-state index contributed by atoms with van der Waals surface area (Å²) in [5.74, 6) is 0.504. The maximum atomic E-state index is 12.3. The number of carbonyl (C=O) groups excluding carboxylic acids is 1. The number of carbonyl (C=O) groups is 1. The molecule has 0 bridgehead atoms. The first-order valence-electron chi connectivity index (χ1n) is 7.39. The Hall–Kier alpha value is -0.680. The van der Waals surface area contributed by atoms with Crippen LogP contribution in [0.25, 0.3) is 0 Å². The van der Waals surface area contributed by atoms with Crippen molar-refractivity contribution in [2.75, 3.05) is 30.0 Å². The lowest BCUT2D eigenvalue weighted by Crippen LogP contribution is -2.23. The van der Waals surface area contributed by atoms with Crippen LogP contribution in [0, 0.1) is 5.92 Å². The maximum Gasteiger partial charge on any atom is 0.178 e. The smallest absolute Gasteiger partial charge is 0.178 e. The van der Waals surface area contributed by atoms with Gasteiger partial charge in [-0.2, -0.15) is 0 Å². The van der Waals surface area contributed by atoms with Gasteiger partial charge in [0.05, 0.1) is 15.5 Å². The highest BCUT2D eigenvalue weighted by atomic mass is 32.2. The van der Waals surface area contributed by atoms with E-state index in [0.717, 1.165) is 35.7 Å². The van der Waals surface area contributed by atoms with Crippen molar-refractivity contribution >= 4 is 39.6 Å². The number of ketones is 1. The molecule has 0 atom stereocenters. The van der Waals surface area contributed by atoms with Crippen LogP contribution in [0.4, 0.5) is 10.7 Å². The molecule has 20 heavy (non-hydrogen) atoms. The second kappa shape index (κ2) is 6.85. The van der Waals surface area contributed by atoms with Crippen molar-refractivity contribution < 1.29 is 4.79 Å². The average molecular weight is 313 g/mol. The Morgan fingerprint density at radius 2 is 2.15 bits per heavy atom.